The quantitative estimate of drug-likeness (QED) is 0.288. The molecule has 0 aliphatic rings. The van der Waals surface area contributed by atoms with E-state index >= 15 is 0 Å². The van der Waals surface area contributed by atoms with Crippen LogP contribution in [0.3, 0.4) is 0 Å². The molecule has 3 rings (SSSR count). The van der Waals surface area contributed by atoms with Gasteiger partial charge in [0.2, 0.25) is 15.2 Å². The Morgan fingerprint density at radius 1 is 1.15 bits per heavy atom. The van der Waals surface area contributed by atoms with Crippen LogP contribution in [0.5, 0.6) is 5.75 Å². The van der Waals surface area contributed by atoms with Crippen LogP contribution in [-0.4, -0.2) is 65.8 Å². The number of carbonyl (C=O) groups excluding carboxylic acids is 1. The monoisotopic (exact) mass is 503 g/mol. The number of benzene rings is 2. The number of ether oxygens (including phenoxy) is 1. The molecular weight excluding hydrogens is 474 g/mol. The van der Waals surface area contributed by atoms with Crippen LogP contribution in [0.15, 0.2) is 58.6 Å². The summed E-state index contributed by atoms with van der Waals surface area (Å²) in [6.45, 7) is 6.43. The van der Waals surface area contributed by atoms with Crippen molar-refractivity contribution >= 4 is 27.7 Å². The van der Waals surface area contributed by atoms with Gasteiger partial charge in [0.15, 0.2) is 12.4 Å². The molecule has 34 heavy (non-hydrogen) atoms. The van der Waals surface area contributed by atoms with Crippen LogP contribution < -0.4 is 10.1 Å². The Morgan fingerprint density at radius 2 is 1.88 bits per heavy atom. The first-order chi connectivity index (χ1) is 16.3. The van der Waals surface area contributed by atoms with Crippen molar-refractivity contribution in [2.75, 3.05) is 32.0 Å². The second kappa shape index (κ2) is 12.0. The van der Waals surface area contributed by atoms with E-state index in [9.17, 15) is 13.2 Å². The molecule has 1 amide bonds. The topological polar surface area (TPSA) is 117 Å². The predicted octanol–water partition coefficient (Wildman–Crippen LogP) is 3.10. The molecule has 0 spiro atoms. The number of hydrogen-bond acceptors (Lipinski definition) is 7. The summed E-state index contributed by atoms with van der Waals surface area (Å²) in [5.41, 5.74) is 1.61. The number of rotatable bonds is 12. The van der Waals surface area contributed by atoms with E-state index in [-0.39, 0.29) is 17.4 Å². The third-order valence-corrected chi connectivity index (χ3v) is 7.91. The Labute approximate surface area is 204 Å². The lowest BCUT2D eigenvalue weighted by molar-refractivity contribution is -0.122. The van der Waals surface area contributed by atoms with Gasteiger partial charge in [-0.05, 0) is 30.7 Å². The molecule has 3 aromatic rings. The average Bonchev–Trinajstić information content (AvgIpc) is 3.31. The third kappa shape index (κ3) is 6.58. The minimum absolute atomic E-state index is 0.160. The lowest BCUT2D eigenvalue weighted by atomic mass is 10.2. The Bertz CT molecular complexity index is 1200. The molecule has 182 valence electrons. The maximum atomic E-state index is 12.7. The van der Waals surface area contributed by atoms with Gasteiger partial charge in [-0.3, -0.25) is 9.89 Å². The van der Waals surface area contributed by atoms with Crippen molar-refractivity contribution in [2.45, 2.75) is 30.8 Å². The zero-order valence-electron chi connectivity index (χ0n) is 19.4. The molecule has 0 fully saturated rings. The zero-order valence-corrected chi connectivity index (χ0v) is 21.1. The van der Waals surface area contributed by atoms with Gasteiger partial charge in [0, 0.05) is 31.0 Å². The van der Waals surface area contributed by atoms with Gasteiger partial charge in [-0.2, -0.15) is 4.31 Å². The summed E-state index contributed by atoms with van der Waals surface area (Å²) in [5.74, 6) is 1.51. The Hall–Kier alpha value is -2.89. The number of aromatic amines is 1. The molecule has 0 unspecified atom stereocenters. The number of carbonyl (C=O) groups is 1. The largest absolute Gasteiger partial charge is 0.484 e. The van der Waals surface area contributed by atoms with Gasteiger partial charge in [-0.15, -0.1) is 5.10 Å². The molecule has 2 aromatic carbocycles. The molecule has 0 atom stereocenters. The zero-order chi connectivity index (χ0) is 24.6. The normalized spacial score (nSPS) is 11.5. The molecule has 0 radical (unpaired) electrons. The molecule has 9 nitrogen and oxygen atoms in total. The van der Waals surface area contributed by atoms with Crippen molar-refractivity contribution in [3.63, 3.8) is 0 Å². The maximum absolute atomic E-state index is 12.7. The Morgan fingerprint density at radius 3 is 2.56 bits per heavy atom. The second-order valence-corrected chi connectivity index (χ2v) is 10.3. The van der Waals surface area contributed by atoms with Crippen LogP contribution in [0.4, 0.5) is 0 Å². The lowest BCUT2D eigenvalue weighted by Crippen LogP contribution is -2.31. The van der Waals surface area contributed by atoms with Crippen molar-refractivity contribution in [2.24, 2.45) is 0 Å². The van der Waals surface area contributed by atoms with Gasteiger partial charge in [0.1, 0.15) is 5.75 Å². The number of nitrogens with one attached hydrogen (secondary N) is 2. The molecule has 0 bridgehead atoms. The van der Waals surface area contributed by atoms with E-state index in [1.807, 2.05) is 30.3 Å². The molecule has 1 heterocycles. The second-order valence-electron chi connectivity index (χ2n) is 7.34. The SMILES string of the molecule is CCN(CC)S(=O)(=O)c1ccc(OCC(=O)NCCSc2n[nH]c(-c3ccccc3)n2)c(C)c1. The van der Waals surface area contributed by atoms with Crippen molar-refractivity contribution < 1.29 is 17.9 Å². The van der Waals surface area contributed by atoms with Crippen LogP contribution in [0.25, 0.3) is 11.4 Å². The minimum atomic E-state index is -3.54. The first-order valence-electron chi connectivity index (χ1n) is 11.0. The summed E-state index contributed by atoms with van der Waals surface area (Å²) >= 11 is 1.43. The van der Waals surface area contributed by atoms with Gasteiger partial charge >= 0.3 is 0 Å². The molecule has 0 saturated carbocycles. The van der Waals surface area contributed by atoms with Gasteiger partial charge in [0.25, 0.3) is 5.91 Å². The van der Waals surface area contributed by atoms with E-state index in [0.717, 1.165) is 5.56 Å². The molecular formula is C23H29N5O4S2. The number of H-pyrrole nitrogens is 1. The van der Waals surface area contributed by atoms with Crippen LogP contribution in [0.1, 0.15) is 19.4 Å². The average molecular weight is 504 g/mol. The molecule has 11 heteroatoms. The molecule has 0 saturated heterocycles. The van der Waals surface area contributed by atoms with Crippen LogP contribution >= 0.6 is 11.8 Å². The number of aryl methyl sites for hydroxylation is 1. The fourth-order valence-electron chi connectivity index (χ4n) is 3.22. The summed E-state index contributed by atoms with van der Waals surface area (Å²) in [6, 6.07) is 14.4. The first kappa shape index (κ1) is 25.7. The lowest BCUT2D eigenvalue weighted by Gasteiger charge is -2.19. The third-order valence-electron chi connectivity index (χ3n) is 5.02. The highest BCUT2D eigenvalue weighted by Crippen LogP contribution is 2.24. The van der Waals surface area contributed by atoms with E-state index in [2.05, 4.69) is 20.5 Å². The summed E-state index contributed by atoms with van der Waals surface area (Å²) < 4.78 is 32.3. The van der Waals surface area contributed by atoms with E-state index in [1.165, 1.54) is 22.1 Å². The van der Waals surface area contributed by atoms with Crippen molar-refractivity contribution in [1.29, 1.82) is 0 Å². The highest BCUT2D eigenvalue weighted by Gasteiger charge is 2.22. The van der Waals surface area contributed by atoms with E-state index in [1.54, 1.807) is 32.9 Å². The van der Waals surface area contributed by atoms with Crippen LogP contribution in [-0.2, 0) is 14.8 Å². The predicted molar refractivity (Wildman–Crippen MR) is 132 cm³/mol. The summed E-state index contributed by atoms with van der Waals surface area (Å²) in [4.78, 5) is 16.8. The fraction of sp³-hybridized carbons (Fsp3) is 0.348. The van der Waals surface area contributed by atoms with E-state index in [0.29, 0.717) is 47.7 Å². The van der Waals surface area contributed by atoms with Crippen molar-refractivity contribution in [1.82, 2.24) is 24.8 Å². The maximum Gasteiger partial charge on any atom is 0.257 e. The number of aromatic nitrogens is 3. The van der Waals surface area contributed by atoms with Crippen LogP contribution in [0, 0.1) is 6.92 Å². The number of amides is 1. The van der Waals surface area contributed by atoms with Gasteiger partial charge in [-0.25, -0.2) is 13.4 Å². The smallest absolute Gasteiger partial charge is 0.257 e. The highest BCUT2D eigenvalue weighted by molar-refractivity contribution is 7.99. The molecule has 2 N–H and O–H groups in total. The summed E-state index contributed by atoms with van der Waals surface area (Å²) in [5, 5.41) is 10.5. The van der Waals surface area contributed by atoms with E-state index < -0.39 is 10.0 Å². The minimum Gasteiger partial charge on any atom is -0.484 e. The Balaban J connectivity index is 1.43. The van der Waals surface area contributed by atoms with Crippen molar-refractivity contribution in [3.8, 4) is 17.1 Å². The Kier molecular flexibility index (Phi) is 9.08. The number of sulfonamides is 1. The fourth-order valence-corrected chi connectivity index (χ4v) is 5.42. The van der Waals surface area contributed by atoms with E-state index in [4.69, 9.17) is 4.74 Å². The molecule has 0 aliphatic heterocycles. The standard InChI is InChI=1S/C23H29N5O4S2/c1-4-28(5-2)34(30,31)19-11-12-20(17(3)15-19)32-16-21(29)24-13-14-33-23-25-22(26-27-23)18-9-7-6-8-10-18/h6-12,15H,4-5,13-14,16H2,1-3H3,(H,24,29)(H,25,26,27). The molecule has 0 aliphatic carbocycles. The van der Waals surface area contributed by atoms with Gasteiger partial charge in [0.05, 0.1) is 4.90 Å². The van der Waals surface area contributed by atoms with Crippen molar-refractivity contribution in [3.05, 3.63) is 54.1 Å². The highest BCUT2D eigenvalue weighted by atomic mass is 32.2. The summed E-state index contributed by atoms with van der Waals surface area (Å²) in [6.07, 6.45) is 0. The molecule has 1 aromatic heterocycles. The number of thioether (sulfide) groups is 1. The number of nitrogens with zero attached hydrogens (tertiary/aromatic N) is 3. The summed E-state index contributed by atoms with van der Waals surface area (Å²) in [7, 11) is -3.54. The number of hydrogen-bond donors (Lipinski definition) is 2. The van der Waals surface area contributed by atoms with Gasteiger partial charge in [-0.1, -0.05) is 55.9 Å². The van der Waals surface area contributed by atoms with Gasteiger partial charge < -0.3 is 10.1 Å². The first-order valence-corrected chi connectivity index (χ1v) is 13.4. The van der Waals surface area contributed by atoms with Crippen LogP contribution in [0.2, 0.25) is 0 Å².